The van der Waals surface area contributed by atoms with Crippen LogP contribution in [0.3, 0.4) is 0 Å². The lowest BCUT2D eigenvalue weighted by molar-refractivity contribution is 0.0925. The summed E-state index contributed by atoms with van der Waals surface area (Å²) in [6, 6.07) is 14.2. The number of sulfonamides is 1. The highest BCUT2D eigenvalue weighted by molar-refractivity contribution is 7.89. The van der Waals surface area contributed by atoms with Crippen LogP contribution in [0.1, 0.15) is 48.3 Å². The molecule has 6 heteroatoms. The Morgan fingerprint density at radius 1 is 1.07 bits per heavy atom. The fraction of sp³-hybridized carbons (Fsp3) is 0.381. The molecule has 0 heterocycles. The molecule has 0 aromatic heterocycles. The van der Waals surface area contributed by atoms with Crippen molar-refractivity contribution >= 4 is 15.9 Å². The molecule has 146 valence electrons. The molecular weight excluding hydrogens is 360 g/mol. The van der Waals surface area contributed by atoms with Gasteiger partial charge in [-0.1, -0.05) is 51.1 Å². The maximum absolute atomic E-state index is 12.8. The van der Waals surface area contributed by atoms with E-state index in [0.29, 0.717) is 5.56 Å². The van der Waals surface area contributed by atoms with Gasteiger partial charge in [0.15, 0.2) is 0 Å². The number of aryl methyl sites for hydroxylation is 1. The fourth-order valence-corrected chi connectivity index (χ4v) is 3.78. The average Bonchev–Trinajstić information content (AvgIpc) is 2.65. The van der Waals surface area contributed by atoms with Crippen LogP contribution in [0.5, 0.6) is 0 Å². The summed E-state index contributed by atoms with van der Waals surface area (Å²) < 4.78 is 25.8. The molecule has 2 aromatic rings. The quantitative estimate of drug-likeness (QED) is 0.788. The summed E-state index contributed by atoms with van der Waals surface area (Å²) in [5.74, 6) is -0.0980. The van der Waals surface area contributed by atoms with E-state index >= 15 is 0 Å². The van der Waals surface area contributed by atoms with Gasteiger partial charge in [-0.05, 0) is 41.7 Å². The number of carbonyl (C=O) groups excluding carboxylic acids is 1. The summed E-state index contributed by atoms with van der Waals surface area (Å²) in [6.45, 7) is 6.20. The molecule has 1 atom stereocenters. The van der Waals surface area contributed by atoms with Crippen LogP contribution in [0.25, 0.3) is 0 Å². The summed E-state index contributed by atoms with van der Waals surface area (Å²) in [5.41, 5.74) is 2.61. The second-order valence-electron chi connectivity index (χ2n) is 7.11. The Morgan fingerprint density at radius 2 is 1.70 bits per heavy atom. The third-order valence-corrected chi connectivity index (χ3v) is 6.39. The maximum atomic E-state index is 12.8. The molecule has 0 aliphatic rings. The lowest BCUT2D eigenvalue weighted by Crippen LogP contribution is -2.32. The zero-order valence-electron chi connectivity index (χ0n) is 16.6. The van der Waals surface area contributed by atoms with Crippen LogP contribution in [-0.4, -0.2) is 32.7 Å². The van der Waals surface area contributed by atoms with Crippen LogP contribution < -0.4 is 5.32 Å². The minimum atomic E-state index is -3.58. The van der Waals surface area contributed by atoms with E-state index in [1.807, 2.05) is 26.0 Å². The first-order chi connectivity index (χ1) is 12.7. The Labute approximate surface area is 162 Å². The molecule has 0 radical (unpaired) electrons. The van der Waals surface area contributed by atoms with Gasteiger partial charge in [0.2, 0.25) is 10.0 Å². The molecule has 1 unspecified atom stereocenters. The number of carbonyl (C=O) groups is 1. The molecule has 1 N–H and O–H groups in total. The molecule has 0 bridgehead atoms. The van der Waals surface area contributed by atoms with Gasteiger partial charge in [0.05, 0.1) is 10.9 Å². The minimum Gasteiger partial charge on any atom is -0.345 e. The molecule has 0 aliphatic carbocycles. The van der Waals surface area contributed by atoms with Gasteiger partial charge in [0.25, 0.3) is 5.91 Å². The smallest absolute Gasteiger partial charge is 0.251 e. The molecule has 0 saturated carbocycles. The molecule has 27 heavy (non-hydrogen) atoms. The number of rotatable bonds is 7. The van der Waals surface area contributed by atoms with Gasteiger partial charge in [0, 0.05) is 19.7 Å². The predicted octanol–water partition coefficient (Wildman–Crippen LogP) is 3.63. The van der Waals surface area contributed by atoms with E-state index in [1.165, 1.54) is 31.8 Å². The van der Waals surface area contributed by atoms with Crippen LogP contribution in [0.15, 0.2) is 53.4 Å². The molecule has 0 saturated heterocycles. The SMILES string of the molecule is CCc1ccc(C(NC(=O)c2cccc(S(=O)(=O)N(C)C)c2)C(C)C)cc1. The Kier molecular flexibility index (Phi) is 6.78. The van der Waals surface area contributed by atoms with Crippen LogP contribution in [-0.2, 0) is 16.4 Å². The summed E-state index contributed by atoms with van der Waals surface area (Å²) >= 11 is 0. The highest BCUT2D eigenvalue weighted by Gasteiger charge is 2.22. The van der Waals surface area contributed by atoms with Crippen molar-refractivity contribution in [1.29, 1.82) is 0 Å². The molecular formula is C21H28N2O3S. The molecule has 0 spiro atoms. The van der Waals surface area contributed by atoms with E-state index in [4.69, 9.17) is 0 Å². The van der Waals surface area contributed by atoms with E-state index in [2.05, 4.69) is 24.4 Å². The first kappa shape index (κ1) is 21.1. The first-order valence-electron chi connectivity index (χ1n) is 9.09. The van der Waals surface area contributed by atoms with Crippen molar-refractivity contribution in [3.05, 3.63) is 65.2 Å². The highest BCUT2D eigenvalue weighted by atomic mass is 32.2. The second-order valence-corrected chi connectivity index (χ2v) is 9.26. The maximum Gasteiger partial charge on any atom is 0.251 e. The van der Waals surface area contributed by atoms with Crippen molar-refractivity contribution in [2.24, 2.45) is 5.92 Å². The molecule has 1 amide bonds. The Balaban J connectivity index is 2.28. The van der Waals surface area contributed by atoms with Crippen molar-refractivity contribution in [2.45, 2.75) is 38.1 Å². The van der Waals surface area contributed by atoms with E-state index in [-0.39, 0.29) is 22.8 Å². The van der Waals surface area contributed by atoms with E-state index in [9.17, 15) is 13.2 Å². The Morgan fingerprint density at radius 3 is 2.22 bits per heavy atom. The zero-order valence-corrected chi connectivity index (χ0v) is 17.4. The van der Waals surface area contributed by atoms with Gasteiger partial charge in [0.1, 0.15) is 0 Å². The molecule has 0 aliphatic heterocycles. The van der Waals surface area contributed by atoms with Crippen LogP contribution in [0, 0.1) is 5.92 Å². The molecule has 2 aromatic carbocycles. The highest BCUT2D eigenvalue weighted by Crippen LogP contribution is 2.23. The van der Waals surface area contributed by atoms with Crippen molar-refractivity contribution in [2.75, 3.05) is 14.1 Å². The van der Waals surface area contributed by atoms with E-state index in [0.717, 1.165) is 16.3 Å². The van der Waals surface area contributed by atoms with E-state index in [1.54, 1.807) is 12.1 Å². The summed E-state index contributed by atoms with van der Waals surface area (Å²) in [5, 5.41) is 3.05. The van der Waals surface area contributed by atoms with Crippen molar-refractivity contribution in [3.8, 4) is 0 Å². The average molecular weight is 389 g/mol. The van der Waals surface area contributed by atoms with Crippen molar-refractivity contribution in [1.82, 2.24) is 9.62 Å². The third-order valence-electron chi connectivity index (χ3n) is 4.58. The van der Waals surface area contributed by atoms with Crippen molar-refractivity contribution < 1.29 is 13.2 Å². The zero-order chi connectivity index (χ0) is 20.2. The fourth-order valence-electron chi connectivity index (χ4n) is 2.83. The first-order valence-corrected chi connectivity index (χ1v) is 10.5. The van der Waals surface area contributed by atoms with Gasteiger partial charge < -0.3 is 5.32 Å². The minimum absolute atomic E-state index is 0.105. The summed E-state index contributed by atoms with van der Waals surface area (Å²) in [6.07, 6.45) is 0.964. The number of benzene rings is 2. The molecule has 0 fully saturated rings. The standard InChI is InChI=1S/C21H28N2O3S/c1-6-16-10-12-17(13-11-16)20(15(2)3)22-21(24)18-8-7-9-19(14-18)27(25,26)23(4)5/h7-15,20H,6H2,1-5H3,(H,22,24). The van der Waals surface area contributed by atoms with Crippen LogP contribution in [0.2, 0.25) is 0 Å². The Bertz CT molecular complexity index is 888. The number of nitrogens with zero attached hydrogens (tertiary/aromatic N) is 1. The monoisotopic (exact) mass is 388 g/mol. The number of nitrogens with one attached hydrogen (secondary N) is 1. The largest absolute Gasteiger partial charge is 0.345 e. The van der Waals surface area contributed by atoms with Crippen LogP contribution >= 0.6 is 0 Å². The lowest BCUT2D eigenvalue weighted by Gasteiger charge is -2.23. The third kappa shape index (κ3) is 4.96. The lowest BCUT2D eigenvalue weighted by atomic mass is 9.94. The van der Waals surface area contributed by atoms with Gasteiger partial charge in [-0.15, -0.1) is 0 Å². The summed E-state index contributed by atoms with van der Waals surface area (Å²) in [7, 11) is -0.646. The molecule has 5 nitrogen and oxygen atoms in total. The number of hydrogen-bond acceptors (Lipinski definition) is 3. The van der Waals surface area contributed by atoms with Gasteiger partial charge in [-0.25, -0.2) is 12.7 Å². The second kappa shape index (κ2) is 8.67. The van der Waals surface area contributed by atoms with Crippen molar-refractivity contribution in [3.63, 3.8) is 0 Å². The Hall–Kier alpha value is -2.18. The summed E-state index contributed by atoms with van der Waals surface area (Å²) in [4.78, 5) is 12.9. The van der Waals surface area contributed by atoms with Crippen LogP contribution in [0.4, 0.5) is 0 Å². The molecule has 2 rings (SSSR count). The van der Waals surface area contributed by atoms with Gasteiger partial charge in [-0.3, -0.25) is 4.79 Å². The number of hydrogen-bond donors (Lipinski definition) is 1. The topological polar surface area (TPSA) is 66.5 Å². The number of amides is 1. The normalized spacial score (nSPS) is 13.0. The van der Waals surface area contributed by atoms with E-state index < -0.39 is 10.0 Å². The van der Waals surface area contributed by atoms with Gasteiger partial charge in [-0.2, -0.15) is 0 Å². The van der Waals surface area contributed by atoms with Gasteiger partial charge >= 0.3 is 0 Å². The predicted molar refractivity (Wildman–Crippen MR) is 108 cm³/mol.